The largest absolute Gasteiger partial charge is 0.465 e. The molecule has 1 aromatic heterocycles. The second kappa shape index (κ2) is 4.70. The second-order valence-corrected chi connectivity index (χ2v) is 4.68. The summed E-state index contributed by atoms with van der Waals surface area (Å²) in [6.07, 6.45) is -1.02. The molecule has 0 spiro atoms. The van der Waals surface area contributed by atoms with Crippen LogP contribution in [0.5, 0.6) is 0 Å². The van der Waals surface area contributed by atoms with Crippen LogP contribution in [-0.2, 0) is 5.88 Å². The van der Waals surface area contributed by atoms with Crippen molar-refractivity contribution in [2.75, 3.05) is 4.90 Å². The summed E-state index contributed by atoms with van der Waals surface area (Å²) in [5.41, 5.74) is 0.124. The minimum Gasteiger partial charge on any atom is -0.465 e. The van der Waals surface area contributed by atoms with E-state index < -0.39 is 11.6 Å². The molecule has 88 valence electrons. The first-order valence-electron chi connectivity index (χ1n) is 4.91. The quantitative estimate of drug-likeness (QED) is 0.811. The molecule has 1 N–H and O–H groups in total. The highest BCUT2D eigenvalue weighted by atomic mass is 35.5. The Bertz CT molecular complexity index is 388. The van der Waals surface area contributed by atoms with Crippen molar-refractivity contribution in [1.29, 1.82) is 0 Å². The average molecular weight is 243 g/mol. The Hall–Kier alpha value is -1.29. The van der Waals surface area contributed by atoms with Gasteiger partial charge in [0, 0.05) is 5.54 Å². The zero-order valence-corrected chi connectivity index (χ0v) is 10.3. The van der Waals surface area contributed by atoms with Crippen molar-refractivity contribution >= 4 is 23.5 Å². The highest BCUT2D eigenvalue weighted by Gasteiger charge is 2.28. The maximum absolute atomic E-state index is 11.2. The predicted molar refractivity (Wildman–Crippen MR) is 64.1 cm³/mol. The third kappa shape index (κ3) is 2.85. The molecule has 1 rings (SSSR count). The average Bonchev–Trinajstić information content (AvgIpc) is 2.15. The summed E-state index contributed by atoms with van der Waals surface area (Å²) < 4.78 is 0. The molecule has 0 bridgehead atoms. The molecule has 0 aliphatic rings. The fraction of sp³-hybridized carbons (Fsp3) is 0.455. The summed E-state index contributed by atoms with van der Waals surface area (Å²) in [7, 11) is 0. The summed E-state index contributed by atoms with van der Waals surface area (Å²) in [6.45, 7) is 5.45. The minimum atomic E-state index is -1.02. The first-order valence-corrected chi connectivity index (χ1v) is 5.45. The molecule has 0 saturated heterocycles. The van der Waals surface area contributed by atoms with E-state index in [-0.39, 0.29) is 5.88 Å². The lowest BCUT2D eigenvalue weighted by atomic mass is 10.1. The molecule has 0 aromatic carbocycles. The highest BCUT2D eigenvalue weighted by molar-refractivity contribution is 6.16. The summed E-state index contributed by atoms with van der Waals surface area (Å²) in [6, 6.07) is 5.18. The van der Waals surface area contributed by atoms with Crippen molar-refractivity contribution in [3.8, 4) is 0 Å². The van der Waals surface area contributed by atoms with E-state index in [2.05, 4.69) is 4.98 Å². The number of carboxylic acid groups (broad SMARTS) is 1. The molecule has 0 unspecified atom stereocenters. The number of pyridine rings is 1. The van der Waals surface area contributed by atoms with Gasteiger partial charge < -0.3 is 5.11 Å². The van der Waals surface area contributed by atoms with Crippen molar-refractivity contribution in [2.24, 2.45) is 0 Å². The molecular weight excluding hydrogens is 228 g/mol. The van der Waals surface area contributed by atoms with Crippen LogP contribution in [0.2, 0.25) is 0 Å². The SMILES string of the molecule is CC(C)(C)N(C(=O)O)c1cccc(CCl)n1. The summed E-state index contributed by atoms with van der Waals surface area (Å²) in [5.74, 6) is 0.670. The molecule has 16 heavy (non-hydrogen) atoms. The van der Waals surface area contributed by atoms with Crippen LogP contribution in [0.1, 0.15) is 26.5 Å². The molecule has 0 saturated carbocycles. The second-order valence-electron chi connectivity index (χ2n) is 4.41. The fourth-order valence-electron chi connectivity index (χ4n) is 1.39. The summed E-state index contributed by atoms with van der Waals surface area (Å²) in [4.78, 5) is 16.6. The van der Waals surface area contributed by atoms with Gasteiger partial charge in [-0.3, -0.25) is 4.90 Å². The molecule has 1 amide bonds. The Balaban J connectivity index is 3.16. The van der Waals surface area contributed by atoms with E-state index in [0.717, 1.165) is 0 Å². The van der Waals surface area contributed by atoms with Gasteiger partial charge in [-0.15, -0.1) is 11.6 Å². The Kier molecular flexibility index (Phi) is 3.75. The number of anilines is 1. The van der Waals surface area contributed by atoms with Gasteiger partial charge in [-0.25, -0.2) is 9.78 Å². The fourth-order valence-corrected chi connectivity index (χ4v) is 1.54. The molecule has 0 fully saturated rings. The van der Waals surface area contributed by atoms with Crippen LogP contribution in [0.3, 0.4) is 0 Å². The predicted octanol–water partition coefficient (Wildman–Crippen LogP) is 3.10. The van der Waals surface area contributed by atoms with E-state index >= 15 is 0 Å². The number of amides is 1. The Morgan fingerprint density at radius 2 is 2.12 bits per heavy atom. The Labute approximate surface area is 99.9 Å². The van der Waals surface area contributed by atoms with Crippen LogP contribution in [-0.4, -0.2) is 21.7 Å². The molecule has 5 heteroatoms. The van der Waals surface area contributed by atoms with Gasteiger partial charge in [-0.05, 0) is 32.9 Å². The highest BCUT2D eigenvalue weighted by Crippen LogP contribution is 2.22. The lowest BCUT2D eigenvalue weighted by molar-refractivity contribution is 0.195. The molecule has 0 atom stereocenters. The first kappa shape index (κ1) is 12.8. The normalized spacial score (nSPS) is 11.2. The van der Waals surface area contributed by atoms with Gasteiger partial charge in [-0.2, -0.15) is 0 Å². The lowest BCUT2D eigenvalue weighted by Crippen LogP contribution is -2.45. The third-order valence-electron chi connectivity index (χ3n) is 2.02. The zero-order chi connectivity index (χ0) is 12.3. The van der Waals surface area contributed by atoms with Gasteiger partial charge in [-0.1, -0.05) is 6.07 Å². The van der Waals surface area contributed by atoms with Crippen molar-refractivity contribution in [3.63, 3.8) is 0 Å². The maximum Gasteiger partial charge on any atom is 0.413 e. The first-order chi connectivity index (χ1) is 7.36. The van der Waals surface area contributed by atoms with Crippen molar-refractivity contribution < 1.29 is 9.90 Å². The number of halogens is 1. The van der Waals surface area contributed by atoms with Gasteiger partial charge in [0.15, 0.2) is 0 Å². The number of carbonyl (C=O) groups is 1. The Morgan fingerprint density at radius 3 is 2.56 bits per heavy atom. The van der Waals surface area contributed by atoms with Gasteiger partial charge >= 0.3 is 6.09 Å². The van der Waals surface area contributed by atoms with Gasteiger partial charge in [0.1, 0.15) is 5.82 Å². The number of nitrogens with zero attached hydrogens (tertiary/aromatic N) is 2. The number of alkyl halides is 1. The standard InChI is InChI=1S/C11H15ClN2O2/c1-11(2,3)14(10(15)16)9-6-4-5-8(7-12)13-9/h4-6H,7H2,1-3H3,(H,15,16). The van der Waals surface area contributed by atoms with Gasteiger partial charge in [0.05, 0.1) is 11.6 Å². The van der Waals surface area contributed by atoms with Crippen LogP contribution in [0.15, 0.2) is 18.2 Å². The summed E-state index contributed by atoms with van der Waals surface area (Å²) in [5, 5.41) is 9.18. The van der Waals surface area contributed by atoms with Crippen LogP contribution in [0.25, 0.3) is 0 Å². The zero-order valence-electron chi connectivity index (χ0n) is 9.57. The Morgan fingerprint density at radius 1 is 1.50 bits per heavy atom. The molecular formula is C11H15ClN2O2. The lowest BCUT2D eigenvalue weighted by Gasteiger charge is -2.32. The number of hydrogen-bond acceptors (Lipinski definition) is 2. The van der Waals surface area contributed by atoms with Crippen LogP contribution in [0.4, 0.5) is 10.6 Å². The molecule has 4 nitrogen and oxygen atoms in total. The van der Waals surface area contributed by atoms with Crippen molar-refractivity contribution in [2.45, 2.75) is 32.2 Å². The topological polar surface area (TPSA) is 53.4 Å². The van der Waals surface area contributed by atoms with Crippen molar-refractivity contribution in [1.82, 2.24) is 4.98 Å². The monoisotopic (exact) mass is 242 g/mol. The number of aromatic nitrogens is 1. The van der Waals surface area contributed by atoms with Crippen molar-refractivity contribution in [3.05, 3.63) is 23.9 Å². The van der Waals surface area contributed by atoms with Crippen LogP contribution < -0.4 is 4.90 Å². The maximum atomic E-state index is 11.2. The molecule has 0 aliphatic carbocycles. The number of rotatable bonds is 2. The molecule has 1 heterocycles. The molecule has 0 radical (unpaired) electrons. The van der Waals surface area contributed by atoms with E-state index in [1.165, 1.54) is 4.90 Å². The minimum absolute atomic E-state index is 0.269. The molecule has 1 aromatic rings. The van der Waals surface area contributed by atoms with Gasteiger partial charge in [0.2, 0.25) is 0 Å². The van der Waals surface area contributed by atoms with E-state index in [9.17, 15) is 9.90 Å². The number of hydrogen-bond donors (Lipinski definition) is 1. The van der Waals surface area contributed by atoms with E-state index in [1.54, 1.807) is 18.2 Å². The van der Waals surface area contributed by atoms with Gasteiger partial charge in [0.25, 0.3) is 0 Å². The van der Waals surface area contributed by atoms with E-state index in [0.29, 0.717) is 11.5 Å². The smallest absolute Gasteiger partial charge is 0.413 e. The van der Waals surface area contributed by atoms with E-state index in [4.69, 9.17) is 11.6 Å². The van der Waals surface area contributed by atoms with Crippen LogP contribution >= 0.6 is 11.6 Å². The molecule has 0 aliphatic heterocycles. The third-order valence-corrected chi connectivity index (χ3v) is 2.29. The van der Waals surface area contributed by atoms with E-state index in [1.807, 2.05) is 20.8 Å². The van der Waals surface area contributed by atoms with Crippen LogP contribution in [0, 0.1) is 0 Å². The summed E-state index contributed by atoms with van der Waals surface area (Å²) >= 11 is 5.67.